The van der Waals surface area contributed by atoms with Crippen LogP contribution in [0.25, 0.3) is 71.8 Å². The largest absolute Gasteiger partial charge is 2.00 e. The third-order valence-electron chi connectivity index (χ3n) is 9.08. The van der Waals surface area contributed by atoms with Crippen molar-refractivity contribution in [3.05, 3.63) is 176 Å². The number of hydrogen-bond acceptors (Lipinski definition) is 6. The first-order valence-corrected chi connectivity index (χ1v) is 17.0. The maximum absolute atomic E-state index is 6.36. The molecule has 0 spiro atoms. The van der Waals surface area contributed by atoms with Crippen LogP contribution >= 0.6 is 0 Å². The molecule has 6 aromatic carbocycles. The number of benzene rings is 6. The van der Waals surface area contributed by atoms with E-state index in [0.29, 0.717) is 28.9 Å². The summed E-state index contributed by atoms with van der Waals surface area (Å²) in [4.78, 5) is 18.5. The van der Waals surface area contributed by atoms with Crippen molar-refractivity contribution in [3.8, 4) is 51.5 Å². The van der Waals surface area contributed by atoms with Crippen LogP contribution in [0.5, 0.6) is 23.0 Å². The number of aromatic nitrogens is 5. The summed E-state index contributed by atoms with van der Waals surface area (Å²) in [6, 6.07) is 55.4. The van der Waals surface area contributed by atoms with E-state index in [9.17, 15) is 0 Å². The maximum Gasteiger partial charge on any atom is 2.00 e. The van der Waals surface area contributed by atoms with Crippen molar-refractivity contribution in [1.29, 1.82) is 0 Å². The van der Waals surface area contributed by atoms with Gasteiger partial charge in [-0.05, 0) is 39.0 Å². The molecule has 7 nitrogen and oxygen atoms in total. The van der Waals surface area contributed by atoms with E-state index in [2.05, 4.69) is 80.6 Å². The molecule has 0 aliphatic rings. The van der Waals surface area contributed by atoms with Crippen molar-refractivity contribution in [2.45, 2.75) is 0 Å². The number of rotatable bonds is 7. The van der Waals surface area contributed by atoms with E-state index in [-0.39, 0.29) is 42.1 Å². The Morgan fingerprint density at radius 1 is 0.418 bits per heavy atom. The first-order chi connectivity index (χ1) is 26.2. The van der Waals surface area contributed by atoms with Crippen molar-refractivity contribution in [1.82, 2.24) is 24.5 Å². The van der Waals surface area contributed by atoms with Gasteiger partial charge in [-0.2, -0.15) is 22.9 Å². The van der Waals surface area contributed by atoms with Crippen LogP contribution in [0, 0.1) is 24.3 Å². The molecule has 0 saturated carbocycles. The summed E-state index contributed by atoms with van der Waals surface area (Å²) in [5.74, 6) is 2.60. The van der Waals surface area contributed by atoms with Gasteiger partial charge in [0.15, 0.2) is 0 Å². The van der Waals surface area contributed by atoms with E-state index < -0.39 is 0 Å². The predicted octanol–water partition coefficient (Wildman–Crippen LogP) is 10.8. The van der Waals surface area contributed by atoms with E-state index >= 15 is 0 Å². The monoisotopic (exact) mass is 1070 g/mol. The summed E-state index contributed by atoms with van der Waals surface area (Å²) < 4.78 is 14.6. The minimum Gasteiger partial charge on any atom is -0.503 e. The van der Waals surface area contributed by atoms with Crippen LogP contribution in [-0.4, -0.2) is 24.5 Å². The Bertz CT molecular complexity index is 2810. The van der Waals surface area contributed by atoms with Crippen LogP contribution in [-0.2, 0) is 42.1 Å². The number of pyridine rings is 2. The van der Waals surface area contributed by atoms with Crippen molar-refractivity contribution in [2.24, 2.45) is 0 Å². The Balaban J connectivity index is 0.00000214. The Morgan fingerprint density at radius 3 is 1.36 bits per heavy atom. The molecule has 0 unspecified atom stereocenters. The second-order valence-corrected chi connectivity index (χ2v) is 12.4. The van der Waals surface area contributed by atoms with Crippen molar-refractivity contribution in [3.63, 3.8) is 0 Å². The third kappa shape index (κ3) is 7.05. The molecule has 0 saturated heterocycles. The summed E-state index contributed by atoms with van der Waals surface area (Å²) in [6.07, 6.45) is 7.18. The molecular formula is C46H25N5O2Pt2. The molecule has 0 atom stereocenters. The fourth-order valence-corrected chi connectivity index (χ4v) is 6.56. The smallest absolute Gasteiger partial charge is 0.503 e. The van der Waals surface area contributed by atoms with Gasteiger partial charge in [0.2, 0.25) is 5.95 Å². The van der Waals surface area contributed by atoms with Gasteiger partial charge in [-0.1, -0.05) is 83.8 Å². The second-order valence-electron chi connectivity index (χ2n) is 12.4. The van der Waals surface area contributed by atoms with Gasteiger partial charge in [0.25, 0.3) is 0 Å². The van der Waals surface area contributed by atoms with Crippen LogP contribution in [0.1, 0.15) is 0 Å². The zero-order valence-corrected chi connectivity index (χ0v) is 33.2. The first kappa shape index (κ1) is 36.0. The van der Waals surface area contributed by atoms with Gasteiger partial charge in [-0.15, -0.1) is 71.8 Å². The molecule has 10 aromatic rings. The normalized spacial score (nSPS) is 11.0. The van der Waals surface area contributed by atoms with Gasteiger partial charge in [0.1, 0.15) is 0 Å². The Morgan fingerprint density at radius 2 is 0.873 bits per heavy atom. The molecule has 0 amide bonds. The summed E-state index contributed by atoms with van der Waals surface area (Å²) in [6.45, 7) is 0. The number of fused-ring (bicyclic) bond motifs is 5. The topological polar surface area (TPSA) is 75.0 Å². The van der Waals surface area contributed by atoms with Crippen LogP contribution in [0.3, 0.4) is 0 Å². The molecule has 0 radical (unpaired) electrons. The molecule has 266 valence electrons. The summed E-state index contributed by atoms with van der Waals surface area (Å²) in [5, 5.41) is 6.28. The maximum atomic E-state index is 6.36. The third-order valence-corrected chi connectivity index (χ3v) is 9.08. The van der Waals surface area contributed by atoms with Gasteiger partial charge in [-0.3, -0.25) is 0 Å². The molecule has 0 aliphatic carbocycles. The Hall–Kier alpha value is -6.00. The average molecular weight is 1070 g/mol. The van der Waals surface area contributed by atoms with Crippen LogP contribution in [0.4, 0.5) is 0 Å². The molecule has 0 bridgehead atoms. The SMILES string of the molecule is [Pt+2].[Pt+2].[c-]1c(Oc2[c-]c3c(cc2)c2ccc(Oc4[c-]c(-c5cc6ccccc6cn5)ccc4)[c-]c2n3-c2ncccn2)cccc1-c1cc2ccccc2cn1. The van der Waals surface area contributed by atoms with Crippen molar-refractivity contribution >= 4 is 43.4 Å². The van der Waals surface area contributed by atoms with E-state index in [4.69, 9.17) is 9.47 Å². The van der Waals surface area contributed by atoms with Crippen LogP contribution < -0.4 is 9.47 Å². The average Bonchev–Trinajstić information content (AvgIpc) is 3.53. The minimum atomic E-state index is 0. The molecule has 0 fully saturated rings. The number of hydrogen-bond donors (Lipinski definition) is 0. The summed E-state index contributed by atoms with van der Waals surface area (Å²) in [7, 11) is 0. The minimum absolute atomic E-state index is 0. The Labute approximate surface area is 345 Å². The summed E-state index contributed by atoms with van der Waals surface area (Å²) >= 11 is 0. The van der Waals surface area contributed by atoms with Crippen LogP contribution in [0.2, 0.25) is 0 Å². The molecule has 0 aliphatic heterocycles. The fraction of sp³-hybridized carbons (Fsp3) is 0. The predicted molar refractivity (Wildman–Crippen MR) is 206 cm³/mol. The molecular weight excluding hydrogens is 1040 g/mol. The zero-order valence-electron chi connectivity index (χ0n) is 28.6. The van der Waals surface area contributed by atoms with E-state index in [1.165, 1.54) is 0 Å². The summed E-state index contributed by atoms with van der Waals surface area (Å²) in [5.41, 5.74) is 4.77. The Kier molecular flexibility index (Phi) is 10.1. The molecule has 10 rings (SSSR count). The molecule has 4 aromatic heterocycles. The van der Waals surface area contributed by atoms with Gasteiger partial charge >= 0.3 is 42.1 Å². The van der Waals surface area contributed by atoms with Crippen molar-refractivity contribution in [2.75, 3.05) is 0 Å². The van der Waals surface area contributed by atoms with Gasteiger partial charge in [0.05, 0.1) is 0 Å². The zero-order chi connectivity index (χ0) is 35.1. The van der Waals surface area contributed by atoms with E-state index in [1.54, 1.807) is 18.5 Å². The molecule has 0 N–H and O–H groups in total. The first-order valence-electron chi connectivity index (χ1n) is 17.0. The van der Waals surface area contributed by atoms with Gasteiger partial charge in [-0.25, -0.2) is 9.97 Å². The van der Waals surface area contributed by atoms with Gasteiger partial charge in [0, 0.05) is 47.8 Å². The standard InChI is InChI=1S/C46H25N5O2.2Pt/c1-3-10-34-28-49-42(24-30(34)8-1)32-12-5-14-36(22-32)52-38-16-18-40-41-19-17-39(27-45(41)51(44(40)26-38)46-47-20-7-21-48-46)53-37-15-6-13-33(23-37)43-25-31-9-2-4-11-35(31)29-50-43;;/h1-21,24-25,28-29H;;/q-4;2*+2. The van der Waals surface area contributed by atoms with Gasteiger partial charge < -0.3 is 24.0 Å². The molecule has 55 heavy (non-hydrogen) atoms. The second kappa shape index (κ2) is 15.4. The molecule has 4 heterocycles. The van der Waals surface area contributed by atoms with E-state index in [1.807, 2.05) is 102 Å². The fourth-order valence-electron chi connectivity index (χ4n) is 6.56. The van der Waals surface area contributed by atoms with E-state index in [0.717, 1.165) is 65.9 Å². The quantitative estimate of drug-likeness (QED) is 0.148. The van der Waals surface area contributed by atoms with Crippen molar-refractivity contribution < 1.29 is 51.6 Å². The van der Waals surface area contributed by atoms with Crippen LogP contribution in [0.15, 0.2) is 152 Å². The molecule has 9 heteroatoms. The number of nitrogens with zero attached hydrogens (tertiary/aromatic N) is 5. The number of ether oxygens (including phenoxy) is 2.